The Morgan fingerprint density at radius 3 is 2.50 bits per heavy atom. The van der Waals surface area contributed by atoms with Gasteiger partial charge in [-0.1, -0.05) is 13.8 Å². The van der Waals surface area contributed by atoms with E-state index in [-0.39, 0.29) is 29.3 Å². The van der Waals surface area contributed by atoms with Crippen LogP contribution < -0.4 is 15.2 Å². The van der Waals surface area contributed by atoms with Crippen molar-refractivity contribution in [3.63, 3.8) is 0 Å². The highest BCUT2D eigenvalue weighted by Gasteiger charge is 2.46. The number of allylic oxidation sites excluding steroid dienone is 2. The highest BCUT2D eigenvalue weighted by Crippen LogP contribution is 2.51. The second-order valence-electron chi connectivity index (χ2n) is 8.04. The maximum absolute atomic E-state index is 13.2. The van der Waals surface area contributed by atoms with E-state index < -0.39 is 11.9 Å². The molecule has 0 saturated heterocycles. The number of hydrogen-bond acceptors (Lipinski definition) is 7. The SMILES string of the molecule is CCOC(=O)C1=C(N)OC2=C(C(=O)CC(C)(C)C2)C1c1cc(Br)c(OC)cc1OC. The first-order valence-corrected chi connectivity index (χ1v) is 10.4. The van der Waals surface area contributed by atoms with E-state index in [0.29, 0.717) is 45.7 Å². The predicted molar refractivity (Wildman–Crippen MR) is 114 cm³/mol. The smallest absolute Gasteiger partial charge is 0.340 e. The van der Waals surface area contributed by atoms with Crippen LogP contribution in [-0.2, 0) is 19.1 Å². The highest BCUT2D eigenvalue weighted by molar-refractivity contribution is 9.10. The minimum atomic E-state index is -0.770. The molecule has 8 heteroatoms. The number of ether oxygens (including phenoxy) is 4. The van der Waals surface area contributed by atoms with Gasteiger partial charge in [-0.3, -0.25) is 4.79 Å². The van der Waals surface area contributed by atoms with E-state index in [1.54, 1.807) is 26.2 Å². The molecule has 1 aliphatic heterocycles. The lowest BCUT2D eigenvalue weighted by Crippen LogP contribution is -2.35. The molecule has 0 radical (unpaired) electrons. The molecule has 0 amide bonds. The van der Waals surface area contributed by atoms with Gasteiger partial charge in [0.25, 0.3) is 0 Å². The summed E-state index contributed by atoms with van der Waals surface area (Å²) in [6, 6.07) is 3.48. The monoisotopic (exact) mass is 479 g/mol. The van der Waals surface area contributed by atoms with Gasteiger partial charge in [0.15, 0.2) is 5.78 Å². The number of esters is 1. The van der Waals surface area contributed by atoms with Crippen molar-refractivity contribution in [2.75, 3.05) is 20.8 Å². The molecule has 1 atom stereocenters. The van der Waals surface area contributed by atoms with Crippen LogP contribution in [0.3, 0.4) is 0 Å². The highest BCUT2D eigenvalue weighted by atomic mass is 79.9. The van der Waals surface area contributed by atoms with Crippen molar-refractivity contribution in [3.8, 4) is 11.5 Å². The van der Waals surface area contributed by atoms with Gasteiger partial charge < -0.3 is 24.7 Å². The molecule has 0 fully saturated rings. The minimum Gasteiger partial charge on any atom is -0.496 e. The number of nitrogens with two attached hydrogens (primary N) is 1. The zero-order chi connectivity index (χ0) is 22.2. The normalized spacial score (nSPS) is 20.5. The first-order valence-electron chi connectivity index (χ1n) is 9.65. The summed E-state index contributed by atoms with van der Waals surface area (Å²) in [6.45, 7) is 5.87. The first kappa shape index (κ1) is 22.2. The Hall–Kier alpha value is -2.48. The van der Waals surface area contributed by atoms with Gasteiger partial charge in [-0.2, -0.15) is 0 Å². The number of Topliss-reactive ketones (excluding diaryl/α,β-unsaturated/α-hetero) is 1. The number of benzene rings is 1. The summed E-state index contributed by atoms with van der Waals surface area (Å²) in [5.41, 5.74) is 7.04. The van der Waals surface area contributed by atoms with Crippen molar-refractivity contribution in [2.45, 2.75) is 39.5 Å². The molecule has 0 aromatic heterocycles. The number of rotatable bonds is 5. The molecule has 2 aliphatic rings. The zero-order valence-corrected chi connectivity index (χ0v) is 19.3. The van der Waals surface area contributed by atoms with Gasteiger partial charge in [-0.25, -0.2) is 4.79 Å². The fourth-order valence-corrected chi connectivity index (χ4v) is 4.54. The van der Waals surface area contributed by atoms with E-state index in [1.165, 1.54) is 7.11 Å². The molecule has 2 N–H and O–H groups in total. The van der Waals surface area contributed by atoms with Crippen LogP contribution in [0.5, 0.6) is 11.5 Å². The van der Waals surface area contributed by atoms with Gasteiger partial charge >= 0.3 is 5.97 Å². The second kappa shape index (κ2) is 8.34. The fourth-order valence-electron chi connectivity index (χ4n) is 4.01. The van der Waals surface area contributed by atoms with Crippen molar-refractivity contribution in [3.05, 3.63) is 45.0 Å². The summed E-state index contributed by atoms with van der Waals surface area (Å²) < 4.78 is 22.7. The lowest BCUT2D eigenvalue weighted by Gasteiger charge is -2.38. The Bertz CT molecular complexity index is 963. The van der Waals surface area contributed by atoms with Crippen molar-refractivity contribution in [1.82, 2.24) is 0 Å². The Labute approximate surface area is 184 Å². The maximum Gasteiger partial charge on any atom is 0.340 e. The molecule has 1 aromatic carbocycles. The van der Waals surface area contributed by atoms with E-state index >= 15 is 0 Å². The summed E-state index contributed by atoms with van der Waals surface area (Å²) in [5, 5.41) is 0. The number of methoxy groups -OCH3 is 2. The number of hydrogen-bond donors (Lipinski definition) is 1. The van der Waals surface area contributed by atoms with Crippen LogP contribution in [-0.4, -0.2) is 32.6 Å². The molecule has 7 nitrogen and oxygen atoms in total. The van der Waals surface area contributed by atoms with Gasteiger partial charge in [-0.05, 0) is 34.3 Å². The van der Waals surface area contributed by atoms with Crippen LogP contribution in [0.4, 0.5) is 0 Å². The number of halogens is 1. The molecule has 1 heterocycles. The van der Waals surface area contributed by atoms with Crippen LogP contribution in [0.15, 0.2) is 39.4 Å². The van der Waals surface area contributed by atoms with Crippen molar-refractivity contribution in [2.24, 2.45) is 11.1 Å². The Balaban J connectivity index is 2.28. The molecule has 3 rings (SSSR count). The van der Waals surface area contributed by atoms with Gasteiger partial charge in [0.1, 0.15) is 22.8 Å². The van der Waals surface area contributed by atoms with Gasteiger partial charge in [0.05, 0.1) is 31.2 Å². The zero-order valence-electron chi connectivity index (χ0n) is 17.8. The molecule has 1 aliphatic carbocycles. The summed E-state index contributed by atoms with van der Waals surface area (Å²) in [4.78, 5) is 26.1. The van der Waals surface area contributed by atoms with Gasteiger partial charge in [0.2, 0.25) is 5.88 Å². The van der Waals surface area contributed by atoms with Crippen molar-refractivity contribution in [1.29, 1.82) is 0 Å². The Morgan fingerprint density at radius 1 is 1.23 bits per heavy atom. The molecule has 162 valence electrons. The second-order valence-corrected chi connectivity index (χ2v) is 8.89. The quantitative estimate of drug-likeness (QED) is 0.638. The molecule has 1 unspecified atom stereocenters. The number of carbonyl (C=O) groups is 2. The summed E-state index contributed by atoms with van der Waals surface area (Å²) in [5.74, 6) is -0.0394. The molecular formula is C22H26BrNO6. The van der Waals surface area contributed by atoms with Crippen LogP contribution >= 0.6 is 15.9 Å². The summed E-state index contributed by atoms with van der Waals surface area (Å²) in [7, 11) is 3.06. The van der Waals surface area contributed by atoms with Crippen LogP contribution in [0.1, 0.15) is 45.1 Å². The fraction of sp³-hybridized carbons (Fsp3) is 0.455. The molecule has 30 heavy (non-hydrogen) atoms. The number of ketones is 1. The topological polar surface area (TPSA) is 97.1 Å². The lowest BCUT2D eigenvalue weighted by molar-refractivity contribution is -0.139. The third kappa shape index (κ3) is 3.93. The van der Waals surface area contributed by atoms with E-state index in [4.69, 9.17) is 24.7 Å². The molecule has 1 aromatic rings. The Kier molecular flexibility index (Phi) is 6.17. The van der Waals surface area contributed by atoms with E-state index in [2.05, 4.69) is 15.9 Å². The largest absolute Gasteiger partial charge is 0.496 e. The van der Waals surface area contributed by atoms with E-state index in [9.17, 15) is 9.59 Å². The third-order valence-corrected chi connectivity index (χ3v) is 5.89. The third-order valence-electron chi connectivity index (χ3n) is 5.27. The predicted octanol–water partition coefficient (Wildman–Crippen LogP) is 3.96. The van der Waals surface area contributed by atoms with Gasteiger partial charge in [0, 0.05) is 30.0 Å². The average molecular weight is 480 g/mol. The standard InChI is InChI=1S/C22H26BrNO6/c1-6-29-21(26)19-17(11-7-12(23)15(28-5)8-14(11)27-4)18-13(25)9-22(2,3)10-16(18)30-20(19)24/h7-8,17H,6,9-10,24H2,1-5H3. The van der Waals surface area contributed by atoms with Crippen LogP contribution in [0.2, 0.25) is 0 Å². The number of carbonyl (C=O) groups excluding carboxylic acids is 2. The molecule has 0 saturated carbocycles. The maximum atomic E-state index is 13.2. The summed E-state index contributed by atoms with van der Waals surface area (Å²) in [6.07, 6.45) is 0.863. The van der Waals surface area contributed by atoms with Gasteiger partial charge in [-0.15, -0.1) is 0 Å². The van der Waals surface area contributed by atoms with Crippen LogP contribution in [0, 0.1) is 5.41 Å². The van der Waals surface area contributed by atoms with E-state index in [0.717, 1.165) is 0 Å². The lowest BCUT2D eigenvalue weighted by atomic mass is 9.70. The average Bonchev–Trinajstić information content (AvgIpc) is 2.65. The Morgan fingerprint density at radius 2 is 1.90 bits per heavy atom. The molecular weight excluding hydrogens is 454 g/mol. The van der Waals surface area contributed by atoms with E-state index in [1.807, 2.05) is 13.8 Å². The van der Waals surface area contributed by atoms with Crippen molar-refractivity contribution < 1.29 is 28.5 Å². The summed E-state index contributed by atoms with van der Waals surface area (Å²) >= 11 is 3.49. The minimum absolute atomic E-state index is 0.0586. The van der Waals surface area contributed by atoms with Crippen LogP contribution in [0.25, 0.3) is 0 Å². The first-order chi connectivity index (χ1) is 14.1. The molecule has 0 spiro atoms. The van der Waals surface area contributed by atoms with Crippen molar-refractivity contribution >= 4 is 27.7 Å². The molecule has 0 bridgehead atoms.